The highest BCUT2D eigenvalue weighted by molar-refractivity contribution is 7.92. The van der Waals surface area contributed by atoms with Crippen LogP contribution in [0.4, 0.5) is 11.4 Å². The zero-order valence-electron chi connectivity index (χ0n) is 18.6. The smallest absolute Gasteiger partial charge is 0.255 e. The number of amides is 2. The number of nitrogens with one attached hydrogen (secondary N) is 2. The van der Waals surface area contributed by atoms with Gasteiger partial charge in [-0.25, -0.2) is 8.42 Å². The van der Waals surface area contributed by atoms with Crippen LogP contribution in [0.3, 0.4) is 0 Å². The molecule has 2 amide bonds. The molecule has 11 heteroatoms. The first-order valence-corrected chi connectivity index (χ1v) is 13.0. The number of hydrogen-bond donors (Lipinski definition) is 3. The third-order valence-electron chi connectivity index (χ3n) is 5.17. The molecule has 0 saturated carbocycles. The van der Waals surface area contributed by atoms with E-state index >= 15 is 0 Å². The molecule has 1 unspecified atom stereocenters. The summed E-state index contributed by atoms with van der Waals surface area (Å²) in [6.07, 6.45) is 0.0177. The molecule has 3 rings (SSSR count). The van der Waals surface area contributed by atoms with Crippen LogP contribution < -0.4 is 10.6 Å². The first-order valence-electron chi connectivity index (χ1n) is 10.3. The highest BCUT2D eigenvalue weighted by Gasteiger charge is 2.33. The second-order valence-electron chi connectivity index (χ2n) is 7.64. The molecule has 7 nitrogen and oxygen atoms in total. The predicted octanol–water partition coefficient (Wildman–Crippen LogP) is 6.10. The topological polar surface area (TPSA) is 113 Å². The van der Waals surface area contributed by atoms with E-state index < -0.39 is 32.7 Å². The Morgan fingerprint density at radius 3 is 2.20 bits per heavy atom. The number of aryl methyl sites for hydroxylation is 1. The molecule has 0 aromatic heterocycles. The van der Waals surface area contributed by atoms with Crippen LogP contribution in [0, 0.1) is 6.92 Å². The minimum Gasteiger partial charge on any atom is -0.506 e. The normalized spacial score (nSPS) is 12.1. The van der Waals surface area contributed by atoms with E-state index in [1.165, 1.54) is 30.3 Å². The van der Waals surface area contributed by atoms with Gasteiger partial charge in [-0.15, -0.1) is 0 Å². The number of rotatable bonds is 7. The van der Waals surface area contributed by atoms with Crippen LogP contribution in [-0.2, 0) is 14.6 Å². The van der Waals surface area contributed by atoms with E-state index in [1.807, 2.05) is 0 Å². The number of carbonyl (C=O) groups excluding carboxylic acids is 2. The number of aromatic hydroxyl groups is 1. The van der Waals surface area contributed by atoms with Crippen LogP contribution in [0.15, 0.2) is 59.5 Å². The molecular formula is C24H21Cl3N2O5S. The lowest BCUT2D eigenvalue weighted by Crippen LogP contribution is -2.34. The van der Waals surface area contributed by atoms with Crippen LogP contribution >= 0.6 is 34.8 Å². The monoisotopic (exact) mass is 554 g/mol. The Labute approximate surface area is 217 Å². The second-order valence-corrected chi connectivity index (χ2v) is 11.0. The zero-order valence-corrected chi connectivity index (χ0v) is 21.7. The molecule has 3 aromatic carbocycles. The van der Waals surface area contributed by atoms with Gasteiger partial charge in [-0.2, -0.15) is 0 Å². The number of phenolic OH excluding ortho intramolecular Hbond substituents is 1. The molecule has 184 valence electrons. The minimum absolute atomic E-state index is 0.0146. The lowest BCUT2D eigenvalue weighted by molar-refractivity contribution is -0.115. The number of halogens is 3. The van der Waals surface area contributed by atoms with Crippen molar-refractivity contribution in [1.82, 2.24) is 0 Å². The van der Waals surface area contributed by atoms with Gasteiger partial charge in [-0.05, 0) is 49.2 Å². The van der Waals surface area contributed by atoms with Crippen molar-refractivity contribution in [2.24, 2.45) is 0 Å². The summed E-state index contributed by atoms with van der Waals surface area (Å²) in [7, 11) is -3.95. The standard InChI is InChI=1S/C24H21Cl3N2O5S/c1-3-21(35(33,34)15-7-5-4-6-8-15)24(32)28-18-12-20(30)19(11-16(18)25)29-23(31)14-9-13(2)22(27)17(26)10-14/h4-12,21,30H,3H2,1-2H3,(H,28,32)(H,29,31). The summed E-state index contributed by atoms with van der Waals surface area (Å²) in [4.78, 5) is 25.5. The van der Waals surface area contributed by atoms with Gasteiger partial charge in [0, 0.05) is 11.6 Å². The van der Waals surface area contributed by atoms with Gasteiger partial charge in [0.25, 0.3) is 5.91 Å². The van der Waals surface area contributed by atoms with E-state index in [0.29, 0.717) is 10.6 Å². The zero-order chi connectivity index (χ0) is 25.9. The van der Waals surface area contributed by atoms with Crippen molar-refractivity contribution in [2.45, 2.75) is 30.4 Å². The lowest BCUT2D eigenvalue weighted by atomic mass is 10.1. The fraction of sp³-hybridized carbons (Fsp3) is 0.167. The SMILES string of the molecule is CCC(C(=O)Nc1cc(O)c(NC(=O)c2cc(C)c(Cl)c(Cl)c2)cc1Cl)S(=O)(=O)c1ccccc1. The quantitative estimate of drug-likeness (QED) is 0.305. The van der Waals surface area contributed by atoms with Crippen molar-refractivity contribution >= 4 is 67.8 Å². The van der Waals surface area contributed by atoms with Crippen molar-refractivity contribution in [2.75, 3.05) is 10.6 Å². The molecule has 0 saturated heterocycles. The molecule has 0 heterocycles. The first-order chi connectivity index (χ1) is 16.4. The largest absolute Gasteiger partial charge is 0.506 e. The molecule has 0 radical (unpaired) electrons. The average Bonchev–Trinajstić information content (AvgIpc) is 2.81. The molecule has 0 bridgehead atoms. The fourth-order valence-electron chi connectivity index (χ4n) is 3.34. The maximum atomic E-state index is 12.9. The Morgan fingerprint density at radius 2 is 1.60 bits per heavy atom. The maximum Gasteiger partial charge on any atom is 0.255 e. The highest BCUT2D eigenvalue weighted by Crippen LogP contribution is 2.35. The molecule has 3 aromatic rings. The number of phenols is 1. The summed E-state index contributed by atoms with van der Waals surface area (Å²) < 4.78 is 25.8. The van der Waals surface area contributed by atoms with Gasteiger partial charge in [0.2, 0.25) is 5.91 Å². The van der Waals surface area contributed by atoms with E-state index in [2.05, 4.69) is 10.6 Å². The van der Waals surface area contributed by atoms with Crippen LogP contribution in [-0.4, -0.2) is 30.6 Å². The summed E-state index contributed by atoms with van der Waals surface area (Å²) in [5.74, 6) is -1.77. The molecule has 0 fully saturated rings. The van der Waals surface area contributed by atoms with E-state index in [0.717, 1.165) is 6.07 Å². The molecule has 0 spiro atoms. The van der Waals surface area contributed by atoms with Crippen LogP contribution in [0.1, 0.15) is 29.3 Å². The van der Waals surface area contributed by atoms with Crippen molar-refractivity contribution < 1.29 is 23.1 Å². The lowest BCUT2D eigenvalue weighted by Gasteiger charge is -2.17. The van der Waals surface area contributed by atoms with Gasteiger partial charge >= 0.3 is 0 Å². The number of benzene rings is 3. The Hall–Kier alpha value is -2.78. The highest BCUT2D eigenvalue weighted by atomic mass is 35.5. The number of carbonyl (C=O) groups is 2. The number of sulfone groups is 1. The van der Waals surface area contributed by atoms with Crippen LogP contribution in [0.25, 0.3) is 0 Å². The Bertz CT molecular complexity index is 1370. The van der Waals surface area contributed by atoms with Crippen LogP contribution in [0.5, 0.6) is 5.75 Å². The molecular weight excluding hydrogens is 535 g/mol. The second kappa shape index (κ2) is 10.9. The van der Waals surface area contributed by atoms with E-state index in [1.54, 1.807) is 32.0 Å². The van der Waals surface area contributed by atoms with Gasteiger partial charge in [0.1, 0.15) is 11.0 Å². The maximum absolute atomic E-state index is 12.9. The third-order valence-corrected chi connectivity index (χ3v) is 8.61. The van der Waals surface area contributed by atoms with E-state index in [4.69, 9.17) is 34.8 Å². The fourth-order valence-corrected chi connectivity index (χ4v) is 5.57. The van der Waals surface area contributed by atoms with Crippen molar-refractivity contribution in [3.8, 4) is 5.75 Å². The van der Waals surface area contributed by atoms with Gasteiger partial charge in [-0.1, -0.05) is 59.9 Å². The average molecular weight is 556 g/mol. The first kappa shape index (κ1) is 26.8. The molecule has 0 aliphatic carbocycles. The number of anilines is 2. The van der Waals surface area contributed by atoms with Crippen molar-refractivity contribution in [3.05, 3.63) is 80.8 Å². The van der Waals surface area contributed by atoms with Gasteiger partial charge in [-0.3, -0.25) is 9.59 Å². The van der Waals surface area contributed by atoms with E-state index in [9.17, 15) is 23.1 Å². The summed E-state index contributed by atoms with van der Waals surface area (Å²) in [6.45, 7) is 3.27. The summed E-state index contributed by atoms with van der Waals surface area (Å²) >= 11 is 18.3. The Kier molecular flexibility index (Phi) is 8.33. The van der Waals surface area contributed by atoms with Gasteiger partial charge < -0.3 is 15.7 Å². The van der Waals surface area contributed by atoms with E-state index in [-0.39, 0.29) is 38.3 Å². The Morgan fingerprint density at radius 1 is 0.943 bits per heavy atom. The van der Waals surface area contributed by atoms with Gasteiger partial charge in [0.15, 0.2) is 9.84 Å². The summed E-state index contributed by atoms with van der Waals surface area (Å²) in [6, 6.07) is 12.9. The Balaban J connectivity index is 1.82. The number of hydrogen-bond acceptors (Lipinski definition) is 5. The van der Waals surface area contributed by atoms with Crippen LogP contribution in [0.2, 0.25) is 15.1 Å². The summed E-state index contributed by atoms with van der Waals surface area (Å²) in [5.41, 5.74) is 0.771. The van der Waals surface area contributed by atoms with Crippen molar-refractivity contribution in [1.29, 1.82) is 0 Å². The predicted molar refractivity (Wildman–Crippen MR) is 139 cm³/mol. The van der Waals surface area contributed by atoms with Gasteiger partial charge in [0.05, 0.1) is 31.3 Å². The third kappa shape index (κ3) is 5.90. The molecule has 1 atom stereocenters. The summed E-state index contributed by atoms with van der Waals surface area (Å²) in [5, 5.41) is 14.5. The minimum atomic E-state index is -3.95. The molecule has 3 N–H and O–H groups in total. The van der Waals surface area contributed by atoms with Crippen molar-refractivity contribution in [3.63, 3.8) is 0 Å². The molecule has 0 aliphatic rings. The molecule has 35 heavy (non-hydrogen) atoms. The molecule has 0 aliphatic heterocycles.